The van der Waals surface area contributed by atoms with E-state index in [4.69, 9.17) is 21.4 Å². The summed E-state index contributed by atoms with van der Waals surface area (Å²) in [6, 6.07) is 14.7. The number of benzene rings is 1. The summed E-state index contributed by atoms with van der Waals surface area (Å²) >= 11 is 7.43. The molecule has 0 radical (unpaired) electrons. The Morgan fingerprint density at radius 1 is 1.21 bits per heavy atom. The highest BCUT2D eigenvalue weighted by Gasteiger charge is 2.35. The van der Waals surface area contributed by atoms with Gasteiger partial charge in [-0.15, -0.1) is 11.3 Å². The monoisotopic (exact) mass is 484 g/mol. The van der Waals surface area contributed by atoms with Crippen molar-refractivity contribution in [2.45, 2.75) is 12.5 Å². The second-order valence-corrected chi connectivity index (χ2v) is 9.14. The first-order valence-corrected chi connectivity index (χ1v) is 11.8. The van der Waals surface area contributed by atoms with Crippen molar-refractivity contribution in [2.24, 2.45) is 12.1 Å². The number of rotatable bonds is 8. The third-order valence-electron chi connectivity index (χ3n) is 5.57. The molecule has 172 valence electrons. The van der Waals surface area contributed by atoms with Gasteiger partial charge in [-0.2, -0.15) is 5.10 Å². The second kappa shape index (κ2) is 10.3. The van der Waals surface area contributed by atoms with E-state index in [1.807, 2.05) is 65.7 Å². The zero-order chi connectivity index (χ0) is 23.4. The van der Waals surface area contributed by atoms with Crippen LogP contribution >= 0.6 is 22.9 Å². The Morgan fingerprint density at radius 2 is 2.00 bits per heavy atom. The molecule has 0 N–H and O–H groups in total. The lowest BCUT2D eigenvalue weighted by atomic mass is 10.0. The molecule has 3 heterocycles. The summed E-state index contributed by atoms with van der Waals surface area (Å²) < 4.78 is 7.15. The molecule has 0 saturated carbocycles. The number of amides is 2. The molecule has 1 aromatic carbocycles. The molecule has 3 aromatic rings. The molecule has 0 aliphatic carbocycles. The standard InChI is InChI=1S/C24H25ClN4O3S/c1-27-11-3-5-20(27)19-15-21(17-7-9-18(25)10-8-17)29(26-19)23(30)16-28(12-13-32-2)24(31)22-6-4-14-33-22/h3-11,14,21H,12-13,15-16H2,1-2H3. The van der Waals surface area contributed by atoms with E-state index < -0.39 is 0 Å². The lowest BCUT2D eigenvalue weighted by Crippen LogP contribution is -2.42. The lowest BCUT2D eigenvalue weighted by molar-refractivity contribution is -0.133. The minimum absolute atomic E-state index is 0.0892. The van der Waals surface area contributed by atoms with Crippen LogP contribution < -0.4 is 0 Å². The van der Waals surface area contributed by atoms with Gasteiger partial charge in [-0.1, -0.05) is 29.8 Å². The third kappa shape index (κ3) is 5.19. The van der Waals surface area contributed by atoms with Crippen LogP contribution in [0, 0.1) is 0 Å². The van der Waals surface area contributed by atoms with Gasteiger partial charge in [-0.25, -0.2) is 5.01 Å². The molecule has 1 unspecified atom stereocenters. The Hall–Kier alpha value is -2.94. The number of hydrazone groups is 1. The van der Waals surface area contributed by atoms with Gasteiger partial charge < -0.3 is 14.2 Å². The largest absolute Gasteiger partial charge is 0.383 e. The molecule has 1 aliphatic heterocycles. The van der Waals surface area contributed by atoms with Crippen molar-refractivity contribution in [2.75, 3.05) is 26.8 Å². The van der Waals surface area contributed by atoms with E-state index in [9.17, 15) is 9.59 Å². The minimum atomic E-state index is -0.277. The van der Waals surface area contributed by atoms with Crippen molar-refractivity contribution in [3.63, 3.8) is 0 Å². The summed E-state index contributed by atoms with van der Waals surface area (Å²) in [4.78, 5) is 28.6. The number of ether oxygens (including phenoxy) is 1. The van der Waals surface area contributed by atoms with E-state index in [-0.39, 0.29) is 24.4 Å². The van der Waals surface area contributed by atoms with Gasteiger partial charge in [0.25, 0.3) is 11.8 Å². The van der Waals surface area contributed by atoms with Crippen LogP contribution in [0.3, 0.4) is 0 Å². The molecular formula is C24H25ClN4O3S. The highest BCUT2D eigenvalue weighted by molar-refractivity contribution is 7.12. The minimum Gasteiger partial charge on any atom is -0.383 e. The Labute approximate surface area is 201 Å². The summed E-state index contributed by atoms with van der Waals surface area (Å²) in [7, 11) is 3.52. The molecule has 7 nitrogen and oxygen atoms in total. The molecule has 2 aromatic heterocycles. The molecule has 4 rings (SSSR count). The van der Waals surface area contributed by atoms with Crippen molar-refractivity contribution in [3.05, 3.63) is 81.3 Å². The summed E-state index contributed by atoms with van der Waals surface area (Å²) in [5, 5.41) is 8.69. The average Bonchev–Trinajstić information content (AvgIpc) is 3.57. The van der Waals surface area contributed by atoms with Crippen LogP contribution in [-0.2, 0) is 16.6 Å². The Bertz CT molecular complexity index is 1140. The van der Waals surface area contributed by atoms with Gasteiger partial charge in [0.15, 0.2) is 0 Å². The zero-order valence-electron chi connectivity index (χ0n) is 18.5. The quantitative estimate of drug-likeness (QED) is 0.481. The summed E-state index contributed by atoms with van der Waals surface area (Å²) in [6.45, 7) is 0.559. The molecule has 1 aliphatic rings. The molecule has 1 atom stereocenters. The number of hydrogen-bond acceptors (Lipinski definition) is 5. The number of halogens is 1. The van der Waals surface area contributed by atoms with Crippen molar-refractivity contribution in [1.82, 2.24) is 14.5 Å². The molecule has 0 fully saturated rings. The Morgan fingerprint density at radius 3 is 2.64 bits per heavy atom. The first-order valence-electron chi connectivity index (χ1n) is 10.6. The number of methoxy groups -OCH3 is 1. The number of thiophene rings is 1. The van der Waals surface area contributed by atoms with Crippen LogP contribution in [0.1, 0.15) is 33.4 Å². The van der Waals surface area contributed by atoms with E-state index in [1.54, 1.807) is 13.2 Å². The first-order chi connectivity index (χ1) is 16.0. The SMILES string of the molecule is COCCN(CC(=O)N1N=C(c2cccn2C)CC1c1ccc(Cl)cc1)C(=O)c1cccs1. The molecular weight excluding hydrogens is 460 g/mol. The zero-order valence-corrected chi connectivity index (χ0v) is 20.1. The predicted molar refractivity (Wildman–Crippen MR) is 130 cm³/mol. The molecule has 0 saturated heterocycles. The fourth-order valence-corrected chi connectivity index (χ4v) is 4.66. The van der Waals surface area contributed by atoms with Crippen molar-refractivity contribution >= 4 is 40.5 Å². The summed E-state index contributed by atoms with van der Waals surface area (Å²) in [6.07, 6.45) is 2.52. The van der Waals surface area contributed by atoms with Gasteiger partial charge in [-0.05, 0) is 41.3 Å². The van der Waals surface area contributed by atoms with E-state index >= 15 is 0 Å². The highest BCUT2D eigenvalue weighted by Crippen LogP contribution is 2.33. The van der Waals surface area contributed by atoms with Crippen molar-refractivity contribution in [3.8, 4) is 0 Å². The van der Waals surface area contributed by atoms with Crippen LogP contribution in [0.4, 0.5) is 0 Å². The van der Waals surface area contributed by atoms with E-state index in [1.165, 1.54) is 21.2 Å². The maximum Gasteiger partial charge on any atom is 0.264 e. The smallest absolute Gasteiger partial charge is 0.264 e. The van der Waals surface area contributed by atoms with Crippen LogP contribution in [0.2, 0.25) is 5.02 Å². The number of carbonyl (C=O) groups excluding carboxylic acids is 2. The average molecular weight is 485 g/mol. The summed E-state index contributed by atoms with van der Waals surface area (Å²) in [5.74, 6) is -0.440. The molecule has 2 amide bonds. The van der Waals surface area contributed by atoms with Crippen molar-refractivity contribution in [1.29, 1.82) is 0 Å². The fourth-order valence-electron chi connectivity index (χ4n) is 3.85. The number of hydrogen-bond donors (Lipinski definition) is 0. The maximum atomic E-state index is 13.5. The summed E-state index contributed by atoms with van der Waals surface area (Å²) in [5.41, 5.74) is 2.72. The van der Waals surface area contributed by atoms with Gasteiger partial charge in [0.1, 0.15) is 6.54 Å². The van der Waals surface area contributed by atoms with Gasteiger partial charge >= 0.3 is 0 Å². The molecule has 0 spiro atoms. The molecule has 33 heavy (non-hydrogen) atoms. The van der Waals surface area contributed by atoms with Gasteiger partial charge in [0.2, 0.25) is 0 Å². The Kier molecular flexibility index (Phi) is 7.27. The number of aromatic nitrogens is 1. The number of aryl methyl sites for hydroxylation is 1. The van der Waals surface area contributed by atoms with E-state index in [2.05, 4.69) is 0 Å². The second-order valence-electron chi connectivity index (χ2n) is 7.76. The van der Waals surface area contributed by atoms with Crippen molar-refractivity contribution < 1.29 is 14.3 Å². The van der Waals surface area contributed by atoms with Crippen LogP contribution in [0.25, 0.3) is 0 Å². The maximum absolute atomic E-state index is 13.5. The third-order valence-corrected chi connectivity index (χ3v) is 6.68. The van der Waals surface area contributed by atoms with Gasteiger partial charge in [0.05, 0.1) is 28.9 Å². The first kappa shape index (κ1) is 23.2. The molecule has 9 heteroatoms. The highest BCUT2D eigenvalue weighted by atomic mass is 35.5. The van der Waals surface area contributed by atoms with E-state index in [0.29, 0.717) is 29.5 Å². The number of nitrogens with zero attached hydrogens (tertiary/aromatic N) is 4. The van der Waals surface area contributed by atoms with Crippen LogP contribution in [0.15, 0.2) is 65.2 Å². The van der Waals surface area contributed by atoms with Gasteiger partial charge in [0, 0.05) is 38.3 Å². The lowest BCUT2D eigenvalue weighted by Gasteiger charge is -2.26. The Balaban J connectivity index is 1.61. The predicted octanol–water partition coefficient (Wildman–Crippen LogP) is 4.21. The van der Waals surface area contributed by atoms with Gasteiger partial charge in [-0.3, -0.25) is 9.59 Å². The van der Waals surface area contributed by atoms with E-state index in [0.717, 1.165) is 17.0 Å². The van der Waals surface area contributed by atoms with Crippen LogP contribution in [-0.4, -0.2) is 58.8 Å². The molecule has 0 bridgehead atoms. The fraction of sp³-hybridized carbons (Fsp3) is 0.292. The van der Waals surface area contributed by atoms with Crippen LogP contribution in [0.5, 0.6) is 0 Å². The number of carbonyl (C=O) groups is 2. The normalized spacial score (nSPS) is 15.5. The topological polar surface area (TPSA) is 67.1 Å².